The normalized spacial score (nSPS) is 13.2. The SMILES string of the molecule is CCCCCCNCC(C)CCC.Fc1c(F)c(F)c(-c2c(C(F)(F)F)c(F)c(F)c(F)c2C(F)(F)C(F)(F)F)c(F)c1F. The van der Waals surface area contributed by atoms with Crippen molar-refractivity contribution in [2.24, 2.45) is 5.92 Å². The zero-order valence-electron chi connectivity index (χ0n) is 23.3. The minimum absolute atomic E-state index is 0.858. The Bertz CT molecular complexity index is 1240. The van der Waals surface area contributed by atoms with Crippen LogP contribution in [0.5, 0.6) is 0 Å². The molecule has 1 unspecified atom stereocenters. The van der Waals surface area contributed by atoms with Gasteiger partial charge in [-0.05, 0) is 31.8 Å². The van der Waals surface area contributed by atoms with Crippen LogP contribution in [0.1, 0.15) is 70.4 Å². The van der Waals surface area contributed by atoms with E-state index in [0.717, 1.165) is 5.92 Å². The third-order valence-electron chi connectivity index (χ3n) is 6.22. The fourth-order valence-electron chi connectivity index (χ4n) is 4.06. The van der Waals surface area contributed by atoms with Gasteiger partial charge in [-0.15, -0.1) is 0 Å². The number of nitrogens with one attached hydrogen (secondary N) is 1. The number of hydrogen-bond acceptors (Lipinski definition) is 1. The highest BCUT2D eigenvalue weighted by Crippen LogP contribution is 2.53. The van der Waals surface area contributed by atoms with Gasteiger partial charge in [-0.25, -0.2) is 35.1 Å². The summed E-state index contributed by atoms with van der Waals surface area (Å²) in [4.78, 5) is 0. The maximum Gasteiger partial charge on any atom is 0.458 e. The zero-order chi connectivity index (χ0) is 34.4. The van der Waals surface area contributed by atoms with E-state index in [-0.39, 0.29) is 0 Å². The van der Waals surface area contributed by atoms with Crippen molar-refractivity contribution >= 4 is 0 Å². The van der Waals surface area contributed by atoms with Gasteiger partial charge in [0, 0.05) is 5.56 Å². The van der Waals surface area contributed by atoms with Gasteiger partial charge >= 0.3 is 18.3 Å². The molecule has 2 aromatic rings. The van der Waals surface area contributed by atoms with Gasteiger partial charge in [0.1, 0.15) is 5.56 Å². The lowest BCUT2D eigenvalue weighted by atomic mass is 9.88. The Labute approximate surface area is 241 Å². The molecule has 2 aromatic carbocycles. The molecule has 44 heavy (non-hydrogen) atoms. The number of alkyl halides is 8. The van der Waals surface area contributed by atoms with Gasteiger partial charge in [0.2, 0.25) is 5.82 Å². The van der Waals surface area contributed by atoms with Gasteiger partial charge in [-0.1, -0.05) is 46.5 Å². The third kappa shape index (κ3) is 8.71. The molecular weight excluding hydrogens is 642 g/mol. The lowest BCUT2D eigenvalue weighted by Crippen LogP contribution is -2.36. The van der Waals surface area contributed by atoms with Crippen LogP contribution < -0.4 is 5.32 Å². The largest absolute Gasteiger partial charge is 0.458 e. The predicted octanol–water partition coefficient (Wildman–Crippen LogP) is 10.7. The summed E-state index contributed by atoms with van der Waals surface area (Å²) in [5.41, 5.74) is -14.2. The lowest BCUT2D eigenvalue weighted by Gasteiger charge is -2.26. The highest BCUT2D eigenvalue weighted by Gasteiger charge is 2.63. The van der Waals surface area contributed by atoms with E-state index in [2.05, 4.69) is 26.1 Å². The fourth-order valence-corrected chi connectivity index (χ4v) is 4.06. The Morgan fingerprint density at radius 2 is 1.00 bits per heavy atom. The van der Waals surface area contributed by atoms with Gasteiger partial charge in [0.15, 0.2) is 40.7 Å². The van der Waals surface area contributed by atoms with E-state index in [1.807, 2.05) is 0 Å². The quantitative estimate of drug-likeness (QED) is 0.109. The van der Waals surface area contributed by atoms with E-state index in [9.17, 15) is 70.2 Å². The highest BCUT2D eigenvalue weighted by atomic mass is 19.4. The Kier molecular flexibility index (Phi) is 13.9. The van der Waals surface area contributed by atoms with Crippen molar-refractivity contribution in [3.63, 3.8) is 0 Å². The lowest BCUT2D eigenvalue weighted by molar-refractivity contribution is -0.290. The van der Waals surface area contributed by atoms with Crippen molar-refractivity contribution in [2.45, 2.75) is 77.6 Å². The Hall–Kier alpha value is -2.72. The number of benzene rings is 2. The second kappa shape index (κ2) is 15.5. The molecule has 0 aliphatic rings. The average Bonchev–Trinajstić information content (AvgIpc) is 2.90. The van der Waals surface area contributed by atoms with Crippen LogP contribution in [-0.4, -0.2) is 19.3 Å². The summed E-state index contributed by atoms with van der Waals surface area (Å²) in [6.45, 7) is 9.28. The molecule has 0 aromatic heterocycles. The van der Waals surface area contributed by atoms with Crippen LogP contribution in [0.2, 0.25) is 0 Å². The van der Waals surface area contributed by atoms with Crippen LogP contribution in [0, 0.1) is 52.5 Å². The number of unbranched alkanes of at least 4 members (excludes halogenated alkanes) is 3. The first-order valence-electron chi connectivity index (χ1n) is 13.0. The van der Waals surface area contributed by atoms with Gasteiger partial charge in [-0.2, -0.15) is 35.1 Å². The summed E-state index contributed by atoms with van der Waals surface area (Å²) in [7, 11) is 0. The van der Waals surface area contributed by atoms with Crippen LogP contribution in [0.15, 0.2) is 0 Å². The summed E-state index contributed by atoms with van der Waals surface area (Å²) >= 11 is 0. The summed E-state index contributed by atoms with van der Waals surface area (Å²) < 4.78 is 214. The molecule has 0 saturated heterocycles. The Morgan fingerprint density at radius 3 is 1.43 bits per heavy atom. The maximum atomic E-state index is 13.9. The van der Waals surface area contributed by atoms with Crippen LogP contribution in [0.3, 0.4) is 0 Å². The molecular formula is C27H27F16N. The van der Waals surface area contributed by atoms with E-state index in [4.69, 9.17) is 0 Å². The molecule has 1 N–H and O–H groups in total. The summed E-state index contributed by atoms with van der Waals surface area (Å²) in [5.74, 6) is -33.3. The molecule has 0 saturated carbocycles. The van der Waals surface area contributed by atoms with Crippen molar-refractivity contribution in [2.75, 3.05) is 13.1 Å². The number of halogens is 16. The van der Waals surface area contributed by atoms with Crippen molar-refractivity contribution in [3.8, 4) is 11.1 Å². The maximum absolute atomic E-state index is 13.9. The molecule has 17 heteroatoms. The van der Waals surface area contributed by atoms with Crippen LogP contribution in [-0.2, 0) is 12.1 Å². The van der Waals surface area contributed by atoms with Gasteiger partial charge < -0.3 is 5.32 Å². The first-order chi connectivity index (χ1) is 20.1. The second-order valence-electron chi connectivity index (χ2n) is 9.74. The molecule has 0 radical (unpaired) electrons. The topological polar surface area (TPSA) is 12.0 Å². The molecule has 1 nitrogen and oxygen atoms in total. The number of rotatable bonds is 11. The van der Waals surface area contributed by atoms with Crippen molar-refractivity contribution in [3.05, 3.63) is 57.7 Å². The van der Waals surface area contributed by atoms with E-state index < -0.39 is 87.1 Å². The molecule has 0 bridgehead atoms. The third-order valence-corrected chi connectivity index (χ3v) is 6.22. The predicted molar refractivity (Wildman–Crippen MR) is 128 cm³/mol. The number of hydrogen-bond donors (Lipinski definition) is 1. The van der Waals surface area contributed by atoms with Crippen molar-refractivity contribution in [1.82, 2.24) is 5.32 Å². The van der Waals surface area contributed by atoms with Crippen LogP contribution in [0.25, 0.3) is 11.1 Å². The van der Waals surface area contributed by atoms with Gasteiger partial charge in [-0.3, -0.25) is 0 Å². The minimum Gasteiger partial charge on any atom is -0.316 e. The second-order valence-corrected chi connectivity index (χ2v) is 9.74. The van der Waals surface area contributed by atoms with Crippen LogP contribution in [0.4, 0.5) is 70.2 Å². The summed E-state index contributed by atoms with van der Waals surface area (Å²) in [5, 5.41) is 3.53. The first-order valence-corrected chi connectivity index (χ1v) is 13.0. The monoisotopic (exact) mass is 669 g/mol. The Balaban J connectivity index is 0.000000627. The average molecular weight is 669 g/mol. The minimum atomic E-state index is -7.10. The molecule has 2 rings (SSSR count). The highest BCUT2D eigenvalue weighted by molar-refractivity contribution is 5.75. The molecule has 0 heterocycles. The molecule has 1 atom stereocenters. The molecule has 0 amide bonds. The molecule has 0 spiro atoms. The van der Waals surface area contributed by atoms with Gasteiger partial charge in [0.05, 0.1) is 11.1 Å². The molecule has 0 fully saturated rings. The van der Waals surface area contributed by atoms with E-state index >= 15 is 0 Å². The smallest absolute Gasteiger partial charge is 0.316 e. The van der Waals surface area contributed by atoms with E-state index in [0.29, 0.717) is 0 Å². The zero-order valence-corrected chi connectivity index (χ0v) is 23.3. The van der Waals surface area contributed by atoms with Crippen molar-refractivity contribution < 1.29 is 70.2 Å². The van der Waals surface area contributed by atoms with E-state index in [1.165, 1.54) is 51.6 Å². The molecule has 0 aliphatic heterocycles. The summed E-state index contributed by atoms with van der Waals surface area (Å²) in [6, 6.07) is 0. The first kappa shape index (κ1) is 39.3. The van der Waals surface area contributed by atoms with Crippen LogP contribution >= 0.6 is 0 Å². The molecule has 0 aliphatic carbocycles. The fraction of sp³-hybridized carbons (Fsp3) is 0.556. The summed E-state index contributed by atoms with van der Waals surface area (Å²) in [6.07, 6.45) is -5.53. The Morgan fingerprint density at radius 1 is 0.545 bits per heavy atom. The van der Waals surface area contributed by atoms with E-state index in [1.54, 1.807) is 0 Å². The molecule has 252 valence electrons. The van der Waals surface area contributed by atoms with Gasteiger partial charge in [0.25, 0.3) is 0 Å². The van der Waals surface area contributed by atoms with Crippen molar-refractivity contribution in [1.29, 1.82) is 0 Å². The standard InChI is InChI=1S/C15F16.C12H27N/c16-5-2(6(17)10(21)12(23)9(5)20)1-3(13(24,25)15(29,30)31)7(18)11(22)8(19)4(1)14(26,27)28;1-4-6-7-8-10-13-11-12(3)9-5-2/h;12-13H,4-11H2,1-3H3.